The van der Waals surface area contributed by atoms with Gasteiger partial charge in [0.2, 0.25) is 0 Å². The van der Waals surface area contributed by atoms with Crippen LogP contribution in [0.1, 0.15) is 307 Å². The van der Waals surface area contributed by atoms with Gasteiger partial charge in [0.15, 0.2) is 0 Å². The van der Waals surface area contributed by atoms with Gasteiger partial charge < -0.3 is 18.5 Å². The Kier molecular flexibility index (Phi) is 36.9. The van der Waals surface area contributed by atoms with Crippen LogP contribution in [0.3, 0.4) is 0 Å². The predicted octanol–water partition coefficient (Wildman–Crippen LogP) is 20.5. The molecule has 0 spiro atoms. The van der Waals surface area contributed by atoms with Crippen LogP contribution in [0.4, 0.5) is 0 Å². The zero-order valence-electron chi connectivity index (χ0n) is 48.9. The maximum absolute atomic E-state index is 12.8. The van der Waals surface area contributed by atoms with E-state index < -0.39 is 8.60 Å². The number of hydrogen-bond donors (Lipinski definition) is 1. The standard InChI is InChI=1S/C64H111O8P/c1-11-13-15-17-19-21-23-25-27-29-31-33-35-37-39-41-47-68-59(65)45-43-55-49-53(3)61(57(51-55)63(5,6)7)70-73(72-67)71-62-54(4)50-56(52-58(62)64(8,9)10)44-46-60(66)69-48-42-40-38-36-34-32-30-28-26-24-22-20-18-16-14-12-2/h49-52,67H,11-48H2,1-10H3. The minimum absolute atomic E-state index is 0.168. The van der Waals surface area contributed by atoms with Crippen molar-refractivity contribution in [3.63, 3.8) is 0 Å². The van der Waals surface area contributed by atoms with Gasteiger partial charge in [-0.15, -0.1) is 4.67 Å². The molecule has 0 unspecified atom stereocenters. The highest BCUT2D eigenvalue weighted by Gasteiger charge is 2.30. The predicted molar refractivity (Wildman–Crippen MR) is 309 cm³/mol. The van der Waals surface area contributed by atoms with Gasteiger partial charge in [0, 0.05) is 24.0 Å². The van der Waals surface area contributed by atoms with Crippen molar-refractivity contribution < 1.29 is 38.0 Å². The van der Waals surface area contributed by atoms with Gasteiger partial charge in [0.1, 0.15) is 11.5 Å². The molecule has 2 aromatic carbocycles. The van der Waals surface area contributed by atoms with Crippen molar-refractivity contribution in [1.29, 1.82) is 0 Å². The molecule has 8 nitrogen and oxygen atoms in total. The number of aryl methyl sites for hydroxylation is 4. The van der Waals surface area contributed by atoms with Gasteiger partial charge in [-0.05, 0) is 72.6 Å². The van der Waals surface area contributed by atoms with Crippen molar-refractivity contribution in [2.45, 2.75) is 311 Å². The first-order valence-electron chi connectivity index (χ1n) is 30.2. The number of carbonyl (C=O) groups is 2. The molecule has 0 fully saturated rings. The summed E-state index contributed by atoms with van der Waals surface area (Å²) >= 11 is 0. The maximum Gasteiger partial charge on any atom is 0.492 e. The van der Waals surface area contributed by atoms with Crippen LogP contribution >= 0.6 is 8.60 Å². The first-order chi connectivity index (χ1) is 35.1. The topological polar surface area (TPSA) is 101 Å². The SMILES string of the molecule is CCCCCCCCCCCCCCCCCCOC(=O)CCc1cc(C)c(OP(OO)Oc2c(C)cc(CCC(=O)OCCCCCCCCCCCCCCCCCC)cc2C(C)(C)C)c(C(C)(C)C)c1. The molecule has 73 heavy (non-hydrogen) atoms. The third-order valence-corrected chi connectivity index (χ3v) is 15.2. The fourth-order valence-corrected chi connectivity index (χ4v) is 10.7. The Bertz CT molecular complexity index is 1600. The van der Waals surface area contributed by atoms with Crippen LogP contribution in [0, 0.1) is 13.8 Å². The lowest BCUT2D eigenvalue weighted by Crippen LogP contribution is -2.17. The molecular weight excluding hydrogens is 928 g/mol. The minimum Gasteiger partial charge on any atom is -0.466 e. The zero-order valence-corrected chi connectivity index (χ0v) is 49.8. The molecule has 0 amide bonds. The van der Waals surface area contributed by atoms with E-state index in [1.807, 2.05) is 26.0 Å². The van der Waals surface area contributed by atoms with Crippen molar-refractivity contribution in [2.24, 2.45) is 0 Å². The third kappa shape index (κ3) is 31.9. The van der Waals surface area contributed by atoms with E-state index in [-0.39, 0.29) is 22.8 Å². The van der Waals surface area contributed by atoms with Crippen LogP contribution in [0.25, 0.3) is 0 Å². The summed E-state index contributed by atoms with van der Waals surface area (Å²) in [7, 11) is -2.26. The van der Waals surface area contributed by atoms with Gasteiger partial charge in [-0.2, -0.15) is 0 Å². The lowest BCUT2D eigenvalue weighted by molar-refractivity contribution is -0.144. The summed E-state index contributed by atoms with van der Waals surface area (Å²) in [6.45, 7) is 22.2. The fourth-order valence-electron chi connectivity index (χ4n) is 9.85. The first-order valence-corrected chi connectivity index (χ1v) is 31.3. The monoisotopic (exact) mass is 1040 g/mol. The molecular formula is C64H111O8P. The van der Waals surface area contributed by atoms with Crippen LogP contribution in [-0.4, -0.2) is 30.4 Å². The lowest BCUT2D eigenvalue weighted by Gasteiger charge is -2.28. The van der Waals surface area contributed by atoms with Crippen LogP contribution in [0.2, 0.25) is 0 Å². The highest BCUT2D eigenvalue weighted by molar-refractivity contribution is 7.42. The van der Waals surface area contributed by atoms with E-state index in [0.29, 0.717) is 50.4 Å². The van der Waals surface area contributed by atoms with Gasteiger partial charge >= 0.3 is 20.5 Å². The smallest absolute Gasteiger partial charge is 0.466 e. The molecule has 0 saturated carbocycles. The molecule has 0 atom stereocenters. The molecule has 0 aromatic heterocycles. The molecule has 420 valence electrons. The summed E-state index contributed by atoms with van der Waals surface area (Å²) in [5, 5.41) is 10.2. The molecule has 0 heterocycles. The maximum atomic E-state index is 12.8. The minimum atomic E-state index is -2.26. The third-order valence-electron chi connectivity index (χ3n) is 14.4. The molecule has 0 radical (unpaired) electrons. The average molecular weight is 1040 g/mol. The van der Waals surface area contributed by atoms with Crippen molar-refractivity contribution in [3.05, 3.63) is 57.6 Å². The second kappa shape index (κ2) is 40.6. The molecule has 0 aliphatic carbocycles. The van der Waals surface area contributed by atoms with Crippen LogP contribution in [-0.2, 0) is 47.4 Å². The van der Waals surface area contributed by atoms with E-state index in [4.69, 9.17) is 23.2 Å². The van der Waals surface area contributed by atoms with Gasteiger partial charge in [0.05, 0.1) is 13.2 Å². The number of rotatable bonds is 45. The summed E-state index contributed by atoms with van der Waals surface area (Å²) in [6, 6.07) is 8.24. The fraction of sp³-hybridized carbons (Fsp3) is 0.781. The summed E-state index contributed by atoms with van der Waals surface area (Å²) < 4.78 is 29.1. The molecule has 0 aliphatic heterocycles. The molecule has 9 heteroatoms. The van der Waals surface area contributed by atoms with Gasteiger partial charge in [-0.25, -0.2) is 5.26 Å². The second-order valence-corrected chi connectivity index (χ2v) is 24.6. The Morgan fingerprint density at radius 1 is 0.425 bits per heavy atom. The van der Waals surface area contributed by atoms with Crippen molar-refractivity contribution >= 4 is 20.5 Å². The molecule has 2 aromatic rings. The number of carbonyl (C=O) groups excluding carboxylic acids is 2. The Morgan fingerprint density at radius 2 is 0.685 bits per heavy atom. The Labute approximate surface area is 450 Å². The number of hydrogen-bond acceptors (Lipinski definition) is 8. The second-order valence-electron chi connectivity index (χ2n) is 23.6. The van der Waals surface area contributed by atoms with Crippen molar-refractivity contribution in [2.75, 3.05) is 13.2 Å². The number of ether oxygens (including phenoxy) is 2. The van der Waals surface area contributed by atoms with E-state index in [1.165, 1.54) is 180 Å². The van der Waals surface area contributed by atoms with Crippen LogP contribution in [0.5, 0.6) is 11.5 Å². The highest BCUT2D eigenvalue weighted by atomic mass is 31.2. The van der Waals surface area contributed by atoms with Gasteiger partial charge in [0.25, 0.3) is 0 Å². The molecule has 1 N–H and O–H groups in total. The van der Waals surface area contributed by atoms with E-state index >= 15 is 0 Å². The van der Waals surface area contributed by atoms with E-state index in [0.717, 1.165) is 59.1 Å². The summed E-state index contributed by atoms with van der Waals surface area (Å²) in [4.78, 5) is 25.6. The zero-order chi connectivity index (χ0) is 53.6. The molecule has 0 saturated heterocycles. The number of benzene rings is 2. The number of unbranched alkanes of at least 4 members (excludes halogenated alkanes) is 30. The highest BCUT2D eigenvalue weighted by Crippen LogP contribution is 2.49. The van der Waals surface area contributed by atoms with E-state index in [9.17, 15) is 14.8 Å². The molecule has 0 aliphatic rings. The summed E-state index contributed by atoms with van der Waals surface area (Å²) in [5.74, 6) is 0.844. The Balaban J connectivity index is 1.78. The van der Waals surface area contributed by atoms with Gasteiger partial charge in [-0.3, -0.25) is 9.59 Å². The Morgan fingerprint density at radius 3 is 0.932 bits per heavy atom. The van der Waals surface area contributed by atoms with Crippen LogP contribution < -0.4 is 9.05 Å². The van der Waals surface area contributed by atoms with Gasteiger partial charge in [-0.1, -0.05) is 272 Å². The van der Waals surface area contributed by atoms with E-state index in [2.05, 4.69) is 67.5 Å². The first kappa shape index (κ1) is 66.4. The van der Waals surface area contributed by atoms with E-state index in [1.54, 1.807) is 0 Å². The summed E-state index contributed by atoms with van der Waals surface area (Å²) in [6.07, 6.45) is 43.8. The van der Waals surface area contributed by atoms with Crippen molar-refractivity contribution in [3.8, 4) is 11.5 Å². The molecule has 0 bridgehead atoms. The number of esters is 2. The van der Waals surface area contributed by atoms with Crippen LogP contribution in [0.15, 0.2) is 24.3 Å². The average Bonchev–Trinajstić information content (AvgIpc) is 3.34. The largest absolute Gasteiger partial charge is 0.492 e. The lowest BCUT2D eigenvalue weighted by atomic mass is 9.83. The quantitative estimate of drug-likeness (QED) is 0.0230. The Hall–Kier alpha value is -2.67. The molecule has 2 rings (SSSR count). The van der Waals surface area contributed by atoms with Crippen molar-refractivity contribution in [1.82, 2.24) is 0 Å². The normalized spacial score (nSPS) is 11.9. The summed E-state index contributed by atoms with van der Waals surface area (Å²) in [5.41, 5.74) is 5.00.